The van der Waals surface area contributed by atoms with Gasteiger partial charge >= 0.3 is 0 Å². The standard InChI is InChI=1S/C16H24ClNO2/c1-10-5-6-11(2)13(7-10)18-14-8-12(17)15(19-3)9-16(14)20-4/h8-11,13,18H,5-7H2,1-4H3. The highest BCUT2D eigenvalue weighted by Gasteiger charge is 2.26. The Morgan fingerprint density at radius 2 is 1.80 bits per heavy atom. The van der Waals surface area contributed by atoms with Gasteiger partial charge in [-0.3, -0.25) is 0 Å². The van der Waals surface area contributed by atoms with Crippen LogP contribution in [0.1, 0.15) is 33.1 Å². The van der Waals surface area contributed by atoms with Crippen molar-refractivity contribution < 1.29 is 9.47 Å². The van der Waals surface area contributed by atoms with E-state index in [1.54, 1.807) is 14.2 Å². The predicted molar refractivity (Wildman–Crippen MR) is 84.1 cm³/mol. The number of rotatable bonds is 4. The lowest BCUT2D eigenvalue weighted by atomic mass is 9.80. The molecule has 0 amide bonds. The lowest BCUT2D eigenvalue weighted by molar-refractivity contribution is 0.280. The fourth-order valence-corrected chi connectivity index (χ4v) is 3.15. The molecule has 20 heavy (non-hydrogen) atoms. The summed E-state index contributed by atoms with van der Waals surface area (Å²) in [5.74, 6) is 2.84. The fraction of sp³-hybridized carbons (Fsp3) is 0.625. The second kappa shape index (κ2) is 6.57. The van der Waals surface area contributed by atoms with Crippen LogP contribution in [0.25, 0.3) is 0 Å². The van der Waals surface area contributed by atoms with E-state index in [2.05, 4.69) is 19.2 Å². The number of methoxy groups -OCH3 is 2. The molecule has 0 radical (unpaired) electrons. The summed E-state index contributed by atoms with van der Waals surface area (Å²) < 4.78 is 10.7. The van der Waals surface area contributed by atoms with Gasteiger partial charge in [0.15, 0.2) is 0 Å². The summed E-state index contributed by atoms with van der Waals surface area (Å²) in [6, 6.07) is 4.20. The minimum Gasteiger partial charge on any atom is -0.495 e. The van der Waals surface area contributed by atoms with E-state index in [0.29, 0.717) is 22.7 Å². The minimum atomic E-state index is 0.470. The molecule has 1 N–H and O–H groups in total. The number of ether oxygens (including phenoxy) is 2. The lowest BCUT2D eigenvalue weighted by Crippen LogP contribution is -2.33. The van der Waals surface area contributed by atoms with Crippen LogP contribution in [-0.2, 0) is 0 Å². The van der Waals surface area contributed by atoms with Crippen LogP contribution >= 0.6 is 11.6 Å². The topological polar surface area (TPSA) is 30.5 Å². The Labute approximate surface area is 126 Å². The van der Waals surface area contributed by atoms with Crippen LogP contribution in [0.5, 0.6) is 11.5 Å². The summed E-state index contributed by atoms with van der Waals surface area (Å²) in [6.07, 6.45) is 3.78. The Morgan fingerprint density at radius 3 is 2.45 bits per heavy atom. The van der Waals surface area contributed by atoms with Crippen LogP contribution in [0.4, 0.5) is 5.69 Å². The third-order valence-electron chi connectivity index (χ3n) is 4.27. The van der Waals surface area contributed by atoms with Crippen molar-refractivity contribution in [3.63, 3.8) is 0 Å². The average molecular weight is 298 g/mol. The van der Waals surface area contributed by atoms with E-state index >= 15 is 0 Å². The monoisotopic (exact) mass is 297 g/mol. The first kappa shape index (κ1) is 15.3. The molecule has 112 valence electrons. The highest BCUT2D eigenvalue weighted by atomic mass is 35.5. The van der Waals surface area contributed by atoms with Crippen LogP contribution in [0.15, 0.2) is 12.1 Å². The van der Waals surface area contributed by atoms with Crippen molar-refractivity contribution in [2.75, 3.05) is 19.5 Å². The molecular formula is C16H24ClNO2. The second-order valence-electron chi connectivity index (χ2n) is 5.83. The largest absolute Gasteiger partial charge is 0.495 e. The summed E-state index contributed by atoms with van der Waals surface area (Å²) in [4.78, 5) is 0. The van der Waals surface area contributed by atoms with E-state index in [1.807, 2.05) is 12.1 Å². The van der Waals surface area contributed by atoms with Crippen molar-refractivity contribution in [3.8, 4) is 11.5 Å². The number of hydrogen-bond donors (Lipinski definition) is 1. The molecule has 0 aliphatic heterocycles. The molecule has 0 saturated heterocycles. The van der Waals surface area contributed by atoms with Crippen molar-refractivity contribution in [2.24, 2.45) is 11.8 Å². The highest BCUT2D eigenvalue weighted by molar-refractivity contribution is 6.32. The zero-order valence-corrected chi connectivity index (χ0v) is 13.5. The van der Waals surface area contributed by atoms with E-state index in [1.165, 1.54) is 19.3 Å². The summed E-state index contributed by atoms with van der Waals surface area (Å²) in [7, 11) is 3.28. The molecule has 1 saturated carbocycles. The van der Waals surface area contributed by atoms with Crippen molar-refractivity contribution in [2.45, 2.75) is 39.2 Å². The molecule has 1 fully saturated rings. The summed E-state index contributed by atoms with van der Waals surface area (Å²) in [5.41, 5.74) is 0.948. The lowest BCUT2D eigenvalue weighted by Gasteiger charge is -2.34. The summed E-state index contributed by atoms with van der Waals surface area (Å²) in [5, 5.41) is 4.21. The first-order chi connectivity index (χ1) is 9.55. The first-order valence-electron chi connectivity index (χ1n) is 7.23. The van der Waals surface area contributed by atoms with Gasteiger partial charge in [-0.2, -0.15) is 0 Å². The van der Waals surface area contributed by atoms with Gasteiger partial charge < -0.3 is 14.8 Å². The third kappa shape index (κ3) is 3.32. The van der Waals surface area contributed by atoms with Crippen molar-refractivity contribution in [1.29, 1.82) is 0 Å². The van der Waals surface area contributed by atoms with Crippen molar-refractivity contribution in [1.82, 2.24) is 0 Å². The molecule has 3 atom stereocenters. The molecule has 4 heteroatoms. The van der Waals surface area contributed by atoms with Crippen LogP contribution < -0.4 is 14.8 Å². The van der Waals surface area contributed by atoms with E-state index in [0.717, 1.165) is 17.4 Å². The van der Waals surface area contributed by atoms with Crippen LogP contribution in [0.3, 0.4) is 0 Å². The summed E-state index contributed by atoms with van der Waals surface area (Å²) in [6.45, 7) is 4.62. The van der Waals surface area contributed by atoms with Crippen molar-refractivity contribution in [3.05, 3.63) is 17.2 Å². The quantitative estimate of drug-likeness (QED) is 0.881. The zero-order chi connectivity index (χ0) is 14.7. The Balaban J connectivity index is 2.21. The number of anilines is 1. The SMILES string of the molecule is COc1cc(OC)c(NC2CC(C)CCC2C)cc1Cl. The molecule has 1 aromatic carbocycles. The molecule has 0 spiro atoms. The Morgan fingerprint density at radius 1 is 1.10 bits per heavy atom. The molecule has 2 rings (SSSR count). The van der Waals surface area contributed by atoms with Gasteiger partial charge in [-0.15, -0.1) is 0 Å². The molecule has 3 unspecified atom stereocenters. The molecule has 1 aliphatic rings. The Bertz CT molecular complexity index is 464. The van der Waals surface area contributed by atoms with Gasteiger partial charge in [0, 0.05) is 12.1 Å². The summed E-state index contributed by atoms with van der Waals surface area (Å²) >= 11 is 6.22. The third-order valence-corrected chi connectivity index (χ3v) is 4.57. The maximum absolute atomic E-state index is 6.22. The fourth-order valence-electron chi connectivity index (χ4n) is 2.91. The van der Waals surface area contributed by atoms with E-state index in [-0.39, 0.29) is 0 Å². The van der Waals surface area contributed by atoms with Gasteiger partial charge in [0.25, 0.3) is 0 Å². The molecule has 1 aliphatic carbocycles. The molecular weight excluding hydrogens is 274 g/mol. The van der Waals surface area contributed by atoms with E-state index in [4.69, 9.17) is 21.1 Å². The maximum atomic E-state index is 6.22. The van der Waals surface area contributed by atoms with E-state index < -0.39 is 0 Å². The second-order valence-corrected chi connectivity index (χ2v) is 6.24. The Hall–Kier alpha value is -1.09. The highest BCUT2D eigenvalue weighted by Crippen LogP contribution is 2.38. The number of nitrogens with one attached hydrogen (secondary N) is 1. The van der Waals surface area contributed by atoms with Gasteiger partial charge in [0.1, 0.15) is 11.5 Å². The van der Waals surface area contributed by atoms with Crippen molar-refractivity contribution >= 4 is 17.3 Å². The normalized spacial score (nSPS) is 26.1. The zero-order valence-electron chi connectivity index (χ0n) is 12.7. The first-order valence-corrected chi connectivity index (χ1v) is 7.61. The van der Waals surface area contributed by atoms with Gasteiger partial charge in [-0.05, 0) is 30.7 Å². The van der Waals surface area contributed by atoms with Gasteiger partial charge in [0.2, 0.25) is 0 Å². The van der Waals surface area contributed by atoms with Gasteiger partial charge in [-0.25, -0.2) is 0 Å². The predicted octanol–water partition coefficient (Wildman–Crippen LogP) is 4.59. The molecule has 0 bridgehead atoms. The van der Waals surface area contributed by atoms with E-state index in [9.17, 15) is 0 Å². The van der Waals surface area contributed by atoms with Crippen LogP contribution in [-0.4, -0.2) is 20.3 Å². The molecule has 0 aromatic heterocycles. The average Bonchev–Trinajstić information content (AvgIpc) is 2.43. The molecule has 1 aromatic rings. The minimum absolute atomic E-state index is 0.470. The number of hydrogen-bond acceptors (Lipinski definition) is 3. The Kier molecular flexibility index (Phi) is 5.03. The number of benzene rings is 1. The van der Waals surface area contributed by atoms with Gasteiger partial charge in [0.05, 0.1) is 24.9 Å². The molecule has 3 nitrogen and oxygen atoms in total. The maximum Gasteiger partial charge on any atom is 0.145 e. The number of halogens is 1. The molecule has 0 heterocycles. The van der Waals surface area contributed by atoms with Crippen LogP contribution in [0, 0.1) is 11.8 Å². The van der Waals surface area contributed by atoms with Crippen LogP contribution in [0.2, 0.25) is 5.02 Å². The smallest absolute Gasteiger partial charge is 0.145 e. The van der Waals surface area contributed by atoms with Gasteiger partial charge in [-0.1, -0.05) is 31.9 Å².